The lowest BCUT2D eigenvalue weighted by Gasteiger charge is -2.28. The van der Waals surface area contributed by atoms with E-state index in [0.29, 0.717) is 5.75 Å². The van der Waals surface area contributed by atoms with Crippen LogP contribution in [-0.4, -0.2) is 63.7 Å². The number of urea groups is 1. The first-order valence-electron chi connectivity index (χ1n) is 10.4. The minimum atomic E-state index is -4.51. The van der Waals surface area contributed by atoms with Crippen molar-refractivity contribution in [3.05, 3.63) is 54.4 Å². The number of nitrogens with zero attached hydrogens (tertiary/aromatic N) is 4. The molecule has 10 nitrogen and oxygen atoms in total. The zero-order chi connectivity index (χ0) is 25.0. The minimum absolute atomic E-state index is 0.0163. The molecule has 4 rings (SSSR count). The number of rotatable bonds is 6. The van der Waals surface area contributed by atoms with E-state index in [1.807, 2.05) is 0 Å². The van der Waals surface area contributed by atoms with Gasteiger partial charge in [0, 0.05) is 5.56 Å². The molecule has 0 saturated carbocycles. The van der Waals surface area contributed by atoms with Crippen LogP contribution in [0.1, 0.15) is 5.56 Å². The van der Waals surface area contributed by atoms with Crippen molar-refractivity contribution in [1.82, 2.24) is 15.0 Å². The van der Waals surface area contributed by atoms with E-state index >= 15 is 0 Å². The quantitative estimate of drug-likeness (QED) is 0.480. The fourth-order valence-electron chi connectivity index (χ4n) is 3.20. The van der Waals surface area contributed by atoms with Crippen molar-refractivity contribution < 1.29 is 37.7 Å². The van der Waals surface area contributed by atoms with Crippen molar-refractivity contribution in [3.8, 4) is 22.9 Å². The summed E-state index contributed by atoms with van der Waals surface area (Å²) >= 11 is 0. The van der Waals surface area contributed by atoms with Crippen LogP contribution in [0.25, 0.3) is 11.3 Å². The van der Waals surface area contributed by atoms with Gasteiger partial charge in [-0.25, -0.2) is 9.78 Å². The van der Waals surface area contributed by atoms with Crippen LogP contribution >= 0.6 is 0 Å². The molecule has 0 fully saturated rings. The van der Waals surface area contributed by atoms with Gasteiger partial charge in [-0.2, -0.15) is 18.2 Å². The van der Waals surface area contributed by atoms with E-state index in [0.717, 1.165) is 12.1 Å². The van der Waals surface area contributed by atoms with Gasteiger partial charge in [0.1, 0.15) is 19.3 Å². The summed E-state index contributed by atoms with van der Waals surface area (Å²) in [6.45, 7) is -0.402. The van der Waals surface area contributed by atoms with Crippen LogP contribution in [0.15, 0.2) is 48.8 Å². The number of hydrogen-bond donors (Lipinski definition) is 3. The monoisotopic (exact) mass is 491 g/mol. The molecule has 3 N–H and O–H groups in total. The van der Waals surface area contributed by atoms with Crippen molar-refractivity contribution in [2.75, 3.05) is 36.6 Å². The Hall–Kier alpha value is -3.97. The van der Waals surface area contributed by atoms with Crippen LogP contribution in [0.2, 0.25) is 0 Å². The fraction of sp³-hybridized carbons (Fsp3) is 0.273. The number of alkyl halides is 3. The Morgan fingerprint density at radius 2 is 2.06 bits per heavy atom. The molecule has 1 unspecified atom stereocenters. The Bertz CT molecular complexity index is 1210. The van der Waals surface area contributed by atoms with Gasteiger partial charge >= 0.3 is 12.2 Å². The first kappa shape index (κ1) is 24.2. The summed E-state index contributed by atoms with van der Waals surface area (Å²) in [5.41, 5.74) is -0.349. The summed E-state index contributed by atoms with van der Waals surface area (Å²) in [4.78, 5) is 26.6. The van der Waals surface area contributed by atoms with Gasteiger partial charge < -0.3 is 19.7 Å². The van der Waals surface area contributed by atoms with E-state index in [2.05, 4.69) is 20.3 Å². The molecular formula is C22H20F3N5O5. The summed E-state index contributed by atoms with van der Waals surface area (Å²) in [6.07, 6.45) is -3.06. The summed E-state index contributed by atoms with van der Waals surface area (Å²) in [5, 5.41) is 20.8. The second kappa shape index (κ2) is 10.1. The van der Waals surface area contributed by atoms with Crippen molar-refractivity contribution in [2.24, 2.45) is 0 Å². The predicted molar refractivity (Wildman–Crippen MR) is 117 cm³/mol. The van der Waals surface area contributed by atoms with Gasteiger partial charge in [0.25, 0.3) is 0 Å². The van der Waals surface area contributed by atoms with Crippen molar-refractivity contribution in [3.63, 3.8) is 0 Å². The van der Waals surface area contributed by atoms with Gasteiger partial charge in [-0.15, -0.1) is 0 Å². The third-order valence-corrected chi connectivity index (χ3v) is 4.88. The maximum absolute atomic E-state index is 13.1. The molecule has 0 aliphatic carbocycles. The molecule has 1 aliphatic heterocycles. The highest BCUT2D eigenvalue weighted by molar-refractivity contribution is 6.01. The predicted octanol–water partition coefficient (Wildman–Crippen LogP) is 2.72. The van der Waals surface area contributed by atoms with Crippen molar-refractivity contribution in [1.29, 1.82) is 0 Å². The largest absolute Gasteiger partial charge is 0.488 e. The fourth-order valence-corrected chi connectivity index (χ4v) is 3.20. The Balaban J connectivity index is 1.55. The molecular weight excluding hydrogens is 471 g/mol. The number of pyridine rings is 1. The van der Waals surface area contributed by atoms with E-state index in [4.69, 9.17) is 14.6 Å². The summed E-state index contributed by atoms with van der Waals surface area (Å²) in [7, 11) is 0. The molecule has 2 amide bonds. The lowest BCUT2D eigenvalue weighted by atomic mass is 10.1. The molecule has 1 atom stereocenters. The number of anilines is 2. The first-order valence-corrected chi connectivity index (χ1v) is 10.4. The van der Waals surface area contributed by atoms with Crippen molar-refractivity contribution in [2.45, 2.75) is 12.3 Å². The van der Waals surface area contributed by atoms with Gasteiger partial charge in [0.15, 0.2) is 17.4 Å². The number of hydrogen-bond acceptors (Lipinski definition) is 8. The number of nitrogens with one attached hydrogen (secondary N) is 1. The average Bonchev–Trinajstić information content (AvgIpc) is 2.86. The van der Waals surface area contributed by atoms with Gasteiger partial charge in [-0.1, -0.05) is 12.1 Å². The molecule has 1 aliphatic rings. The van der Waals surface area contributed by atoms with Gasteiger partial charge in [-0.05, 0) is 24.3 Å². The standard InChI is InChI=1S/C22H20F3N5O5/c23-22(24,25)14-3-1-2-13(8-14)16-4-5-17-20(27-16)30(6-7-34-17)21(33)29-18-9-26-10-19(28-18)35-12-15(32)11-31/h1-5,8-10,15,31-32H,6-7,11-12H2,(H,28,29,33). The number of halogens is 3. The lowest BCUT2D eigenvalue weighted by molar-refractivity contribution is -0.137. The number of aromatic nitrogens is 3. The Labute approximate surface area is 197 Å². The lowest BCUT2D eigenvalue weighted by Crippen LogP contribution is -2.41. The third-order valence-electron chi connectivity index (χ3n) is 4.88. The van der Waals surface area contributed by atoms with Crippen LogP contribution in [0.3, 0.4) is 0 Å². The van der Waals surface area contributed by atoms with Crippen LogP contribution in [-0.2, 0) is 6.18 Å². The number of carbonyl (C=O) groups is 1. The number of carbonyl (C=O) groups excluding carboxylic acids is 1. The molecule has 3 aromatic rings. The van der Waals surface area contributed by atoms with E-state index in [1.54, 1.807) is 0 Å². The number of benzene rings is 1. The highest BCUT2D eigenvalue weighted by atomic mass is 19.4. The molecule has 0 radical (unpaired) electrons. The number of aliphatic hydroxyl groups is 2. The van der Waals surface area contributed by atoms with E-state index in [1.165, 1.54) is 41.6 Å². The number of ether oxygens (including phenoxy) is 2. The number of aliphatic hydroxyl groups excluding tert-OH is 2. The Morgan fingerprint density at radius 3 is 2.83 bits per heavy atom. The van der Waals surface area contributed by atoms with Gasteiger partial charge in [-0.3, -0.25) is 15.2 Å². The second-order valence-corrected chi connectivity index (χ2v) is 7.42. The van der Waals surface area contributed by atoms with Crippen LogP contribution in [0.5, 0.6) is 11.6 Å². The second-order valence-electron chi connectivity index (χ2n) is 7.42. The average molecular weight is 491 g/mol. The smallest absolute Gasteiger partial charge is 0.416 e. The summed E-state index contributed by atoms with van der Waals surface area (Å²) < 4.78 is 50.1. The number of amides is 2. The maximum atomic E-state index is 13.1. The molecule has 2 aromatic heterocycles. The van der Waals surface area contributed by atoms with Gasteiger partial charge in [0.2, 0.25) is 5.88 Å². The third kappa shape index (κ3) is 5.75. The SMILES string of the molecule is O=C(Nc1cncc(OCC(O)CO)n1)N1CCOc2ccc(-c3cccc(C(F)(F)F)c3)nc21. The summed E-state index contributed by atoms with van der Waals surface area (Å²) in [6, 6.07) is 7.16. The summed E-state index contributed by atoms with van der Waals surface area (Å²) in [5.74, 6) is 0.495. The highest BCUT2D eigenvalue weighted by Crippen LogP contribution is 2.35. The highest BCUT2D eigenvalue weighted by Gasteiger charge is 2.31. The molecule has 184 valence electrons. The topological polar surface area (TPSA) is 130 Å². The zero-order valence-corrected chi connectivity index (χ0v) is 18.1. The van der Waals surface area contributed by atoms with E-state index in [9.17, 15) is 23.1 Å². The van der Waals surface area contributed by atoms with Gasteiger partial charge in [0.05, 0.1) is 36.8 Å². The van der Waals surface area contributed by atoms with E-state index < -0.39 is 30.5 Å². The van der Waals surface area contributed by atoms with Crippen LogP contribution < -0.4 is 19.7 Å². The molecule has 35 heavy (non-hydrogen) atoms. The number of fused-ring (bicyclic) bond motifs is 1. The molecule has 13 heteroatoms. The zero-order valence-electron chi connectivity index (χ0n) is 18.1. The Morgan fingerprint density at radius 1 is 1.23 bits per heavy atom. The first-order chi connectivity index (χ1) is 16.7. The normalized spacial score (nSPS) is 14.0. The van der Waals surface area contributed by atoms with Crippen LogP contribution in [0.4, 0.5) is 29.6 Å². The molecule has 0 bridgehead atoms. The van der Waals surface area contributed by atoms with E-state index in [-0.39, 0.29) is 48.5 Å². The molecule has 0 saturated heterocycles. The molecule has 0 spiro atoms. The maximum Gasteiger partial charge on any atom is 0.416 e. The molecule has 1 aromatic carbocycles. The minimum Gasteiger partial charge on any atom is -0.488 e. The molecule has 3 heterocycles. The van der Waals surface area contributed by atoms with Crippen LogP contribution in [0, 0.1) is 0 Å². The van der Waals surface area contributed by atoms with Crippen molar-refractivity contribution >= 4 is 17.7 Å². The Kier molecular flexibility index (Phi) is 6.98.